The van der Waals surface area contributed by atoms with Gasteiger partial charge in [0.2, 0.25) is 5.89 Å². The molecule has 0 bridgehead atoms. The van der Waals surface area contributed by atoms with E-state index in [0.29, 0.717) is 11.6 Å². The molecule has 1 aliphatic heterocycles. The third kappa shape index (κ3) is 3.15. The molecule has 0 fully saturated rings. The molecule has 3 aromatic carbocycles. The number of hydrogen-bond donors (Lipinski definition) is 1. The van der Waals surface area contributed by atoms with Gasteiger partial charge in [-0.2, -0.15) is 5.10 Å². The summed E-state index contributed by atoms with van der Waals surface area (Å²) in [5.74, 6) is 0.443. The Balaban J connectivity index is 1.48. The van der Waals surface area contributed by atoms with Crippen molar-refractivity contribution in [3.05, 3.63) is 114 Å². The quantitative estimate of drug-likeness (QED) is 0.390. The molecule has 1 atom stereocenters. The van der Waals surface area contributed by atoms with E-state index in [1.54, 1.807) is 12.5 Å². The van der Waals surface area contributed by atoms with E-state index >= 15 is 0 Å². The molecule has 1 N–H and O–H groups in total. The highest BCUT2D eigenvalue weighted by Gasteiger charge is 2.43. The first-order valence-corrected chi connectivity index (χ1v) is 10.7. The zero-order valence-corrected chi connectivity index (χ0v) is 17.9. The number of aryl methyl sites for hydroxylation is 1. The Morgan fingerprint density at radius 1 is 0.909 bits per heavy atom. The van der Waals surface area contributed by atoms with Crippen molar-refractivity contribution < 1.29 is 9.21 Å². The van der Waals surface area contributed by atoms with Crippen LogP contribution in [0.25, 0.3) is 22.7 Å². The minimum absolute atomic E-state index is 0.103. The summed E-state index contributed by atoms with van der Waals surface area (Å²) < 4.78 is 5.40. The maximum absolute atomic E-state index is 13.6. The van der Waals surface area contributed by atoms with Gasteiger partial charge in [-0.25, -0.2) is 4.98 Å². The Labute approximate surface area is 190 Å². The van der Waals surface area contributed by atoms with Crippen molar-refractivity contribution >= 4 is 11.6 Å². The van der Waals surface area contributed by atoms with Crippen LogP contribution < -0.4 is 4.90 Å². The molecule has 0 aliphatic carbocycles. The van der Waals surface area contributed by atoms with Crippen LogP contribution in [0.4, 0.5) is 5.69 Å². The number of nitrogens with zero attached hydrogens (tertiary/aromatic N) is 3. The van der Waals surface area contributed by atoms with Crippen LogP contribution >= 0.6 is 0 Å². The number of hydrogen-bond acceptors (Lipinski definition) is 4. The molecule has 0 spiro atoms. The molecule has 2 aromatic heterocycles. The lowest BCUT2D eigenvalue weighted by Crippen LogP contribution is -2.29. The summed E-state index contributed by atoms with van der Waals surface area (Å²) in [6, 6.07) is 25.7. The van der Waals surface area contributed by atoms with Crippen LogP contribution in [-0.4, -0.2) is 21.1 Å². The van der Waals surface area contributed by atoms with Crippen LogP contribution in [0.5, 0.6) is 0 Å². The molecule has 1 amide bonds. The van der Waals surface area contributed by atoms with Crippen molar-refractivity contribution in [2.45, 2.75) is 13.0 Å². The Bertz CT molecular complexity index is 1420. The van der Waals surface area contributed by atoms with Gasteiger partial charge >= 0.3 is 0 Å². The fourth-order valence-electron chi connectivity index (χ4n) is 4.43. The molecule has 0 radical (unpaired) electrons. The second kappa shape index (κ2) is 7.60. The molecule has 6 rings (SSSR count). The van der Waals surface area contributed by atoms with Gasteiger partial charge in [0, 0.05) is 22.4 Å². The number of carbonyl (C=O) groups is 1. The Hall–Kier alpha value is -4.45. The predicted octanol–water partition coefficient (Wildman–Crippen LogP) is 5.79. The summed E-state index contributed by atoms with van der Waals surface area (Å²) in [5, 5.41) is 7.56. The summed E-state index contributed by atoms with van der Waals surface area (Å²) in [4.78, 5) is 19.7. The van der Waals surface area contributed by atoms with Gasteiger partial charge in [-0.15, -0.1) is 0 Å². The highest BCUT2D eigenvalue weighted by atomic mass is 16.3. The van der Waals surface area contributed by atoms with Crippen LogP contribution in [0.15, 0.2) is 95.7 Å². The Kier molecular flexibility index (Phi) is 4.43. The van der Waals surface area contributed by atoms with E-state index in [-0.39, 0.29) is 11.9 Å². The van der Waals surface area contributed by atoms with Crippen molar-refractivity contribution in [1.82, 2.24) is 15.2 Å². The van der Waals surface area contributed by atoms with Crippen molar-refractivity contribution in [2.24, 2.45) is 0 Å². The van der Waals surface area contributed by atoms with E-state index in [2.05, 4.69) is 34.2 Å². The van der Waals surface area contributed by atoms with Gasteiger partial charge in [0.15, 0.2) is 0 Å². The van der Waals surface area contributed by atoms with E-state index < -0.39 is 0 Å². The maximum atomic E-state index is 13.6. The van der Waals surface area contributed by atoms with Gasteiger partial charge in [0.05, 0.1) is 17.9 Å². The lowest BCUT2D eigenvalue weighted by molar-refractivity contribution is 0.0989. The standard InChI is InChI=1S/C27H20N4O2/c1-17-7-9-18(10-8-17)23-22-24(30-29-23)27(32)31(25(22)19-5-3-2-4-6-19)21-13-11-20(12-14-21)26-28-15-16-33-26/h2-16,25H,1H3,(H,29,30). The molecule has 5 aromatic rings. The third-order valence-corrected chi connectivity index (χ3v) is 6.03. The molecule has 0 saturated carbocycles. The van der Waals surface area contributed by atoms with Gasteiger partial charge in [0.1, 0.15) is 12.0 Å². The minimum atomic E-state index is -0.295. The van der Waals surface area contributed by atoms with Crippen molar-refractivity contribution in [3.8, 4) is 22.7 Å². The van der Waals surface area contributed by atoms with Gasteiger partial charge in [-0.1, -0.05) is 60.2 Å². The largest absolute Gasteiger partial charge is 0.445 e. The second-order valence-corrected chi connectivity index (χ2v) is 8.10. The second-order valence-electron chi connectivity index (χ2n) is 8.10. The number of aromatic amines is 1. The minimum Gasteiger partial charge on any atom is -0.445 e. The summed E-state index contributed by atoms with van der Waals surface area (Å²) in [6.45, 7) is 2.05. The summed E-state index contributed by atoms with van der Waals surface area (Å²) in [5.41, 5.74) is 7.04. The van der Waals surface area contributed by atoms with E-state index in [0.717, 1.165) is 33.6 Å². The first kappa shape index (κ1) is 19.3. The third-order valence-electron chi connectivity index (χ3n) is 6.03. The Morgan fingerprint density at radius 3 is 2.33 bits per heavy atom. The number of rotatable bonds is 4. The van der Waals surface area contributed by atoms with E-state index in [1.165, 1.54) is 5.56 Å². The number of fused-ring (bicyclic) bond motifs is 1. The normalized spacial score (nSPS) is 15.1. The summed E-state index contributed by atoms with van der Waals surface area (Å²) >= 11 is 0. The number of H-pyrrole nitrogens is 1. The number of oxazole rings is 1. The number of aromatic nitrogens is 3. The zero-order chi connectivity index (χ0) is 22.4. The fourth-order valence-corrected chi connectivity index (χ4v) is 4.43. The van der Waals surface area contributed by atoms with E-state index in [4.69, 9.17) is 4.42 Å². The lowest BCUT2D eigenvalue weighted by Gasteiger charge is -2.26. The van der Waals surface area contributed by atoms with E-state index in [9.17, 15) is 4.79 Å². The molecular weight excluding hydrogens is 412 g/mol. The number of carbonyl (C=O) groups excluding carboxylic acids is 1. The molecule has 1 aliphatic rings. The number of benzene rings is 3. The molecule has 33 heavy (non-hydrogen) atoms. The van der Waals surface area contributed by atoms with E-state index in [1.807, 2.05) is 71.6 Å². The molecule has 3 heterocycles. The van der Waals surface area contributed by atoms with Crippen LogP contribution in [0.3, 0.4) is 0 Å². The topological polar surface area (TPSA) is 75.0 Å². The first-order valence-electron chi connectivity index (χ1n) is 10.7. The van der Waals surface area contributed by atoms with Crippen LogP contribution in [0.2, 0.25) is 0 Å². The van der Waals surface area contributed by atoms with Crippen LogP contribution in [-0.2, 0) is 0 Å². The number of nitrogens with one attached hydrogen (secondary N) is 1. The predicted molar refractivity (Wildman–Crippen MR) is 126 cm³/mol. The average Bonchev–Trinajstić information content (AvgIpc) is 3.59. The molecule has 0 saturated heterocycles. The fraction of sp³-hybridized carbons (Fsp3) is 0.0741. The average molecular weight is 432 g/mol. The maximum Gasteiger partial charge on any atom is 0.277 e. The van der Waals surface area contributed by atoms with Crippen LogP contribution in [0, 0.1) is 6.92 Å². The molecule has 1 unspecified atom stereocenters. The van der Waals surface area contributed by atoms with Gasteiger partial charge in [-0.3, -0.25) is 14.8 Å². The summed E-state index contributed by atoms with van der Waals surface area (Å²) in [6.07, 6.45) is 3.16. The lowest BCUT2D eigenvalue weighted by atomic mass is 9.95. The number of anilines is 1. The SMILES string of the molecule is Cc1ccc(-c2n[nH]c3c2C(c2ccccc2)N(c2ccc(-c4ncco4)cc2)C3=O)cc1. The monoisotopic (exact) mass is 432 g/mol. The van der Waals surface area contributed by atoms with Gasteiger partial charge < -0.3 is 4.42 Å². The molecular formula is C27H20N4O2. The van der Waals surface area contributed by atoms with Crippen molar-refractivity contribution in [1.29, 1.82) is 0 Å². The van der Waals surface area contributed by atoms with Gasteiger partial charge in [0.25, 0.3) is 5.91 Å². The van der Waals surface area contributed by atoms with Gasteiger partial charge in [-0.05, 0) is 36.8 Å². The smallest absolute Gasteiger partial charge is 0.277 e. The molecule has 6 nitrogen and oxygen atoms in total. The van der Waals surface area contributed by atoms with Crippen molar-refractivity contribution in [3.63, 3.8) is 0 Å². The highest BCUT2D eigenvalue weighted by Crippen LogP contribution is 2.45. The number of amides is 1. The summed E-state index contributed by atoms with van der Waals surface area (Å²) in [7, 11) is 0. The zero-order valence-electron chi connectivity index (χ0n) is 17.9. The van der Waals surface area contributed by atoms with Crippen LogP contribution in [0.1, 0.15) is 33.2 Å². The Morgan fingerprint density at radius 2 is 1.64 bits per heavy atom. The highest BCUT2D eigenvalue weighted by molar-refractivity contribution is 6.11. The molecule has 6 heteroatoms. The molecule has 160 valence electrons. The van der Waals surface area contributed by atoms with Crippen molar-refractivity contribution in [2.75, 3.05) is 4.90 Å². The first-order chi connectivity index (χ1) is 16.2.